The number of hydrogen-bond acceptors (Lipinski definition) is 8. The lowest BCUT2D eigenvalue weighted by molar-refractivity contribution is -0.137. The van der Waals surface area contributed by atoms with Crippen LogP contribution >= 0.6 is 71.2 Å². The van der Waals surface area contributed by atoms with Gasteiger partial charge in [-0.1, -0.05) is 127 Å². The van der Waals surface area contributed by atoms with E-state index in [4.69, 9.17) is 21.4 Å². The molecule has 2 amide bonds. The third-order valence-electron chi connectivity index (χ3n) is 12.9. The molecule has 2 aliphatic heterocycles. The van der Waals surface area contributed by atoms with Gasteiger partial charge in [0.15, 0.2) is 0 Å². The first-order valence-electron chi connectivity index (χ1n) is 21.0. The van der Waals surface area contributed by atoms with E-state index in [1.807, 2.05) is 40.4 Å². The van der Waals surface area contributed by atoms with Crippen molar-refractivity contribution in [1.29, 1.82) is 0 Å². The number of halogens is 4. The number of fused-ring (bicyclic) bond motifs is 2. The Morgan fingerprint density at radius 1 is 0.667 bits per heavy atom. The van der Waals surface area contributed by atoms with Crippen LogP contribution in [0.4, 0.5) is 0 Å². The summed E-state index contributed by atoms with van der Waals surface area (Å²) in [6, 6.07) is 19.7. The van der Waals surface area contributed by atoms with Gasteiger partial charge in [-0.25, -0.2) is 9.97 Å². The Bertz CT molecular complexity index is 1920. The minimum absolute atomic E-state index is 0. The first-order valence-corrected chi connectivity index (χ1v) is 23.5. The van der Waals surface area contributed by atoms with Crippen LogP contribution < -0.4 is 11.5 Å². The molecule has 2 fully saturated rings. The number of carbonyl (C=O) groups excluding carboxylic acids is 2. The maximum atomic E-state index is 14.1. The molecule has 0 spiro atoms. The van der Waals surface area contributed by atoms with Crippen LogP contribution in [0.15, 0.2) is 79.3 Å². The Kier molecular flexibility index (Phi) is 20.0. The zero-order valence-corrected chi connectivity index (χ0v) is 39.1. The first-order chi connectivity index (χ1) is 27.4. The van der Waals surface area contributed by atoms with Crippen LogP contribution in [0, 0.1) is 11.8 Å². The summed E-state index contributed by atoms with van der Waals surface area (Å²) in [7, 11) is 3.09. The second kappa shape index (κ2) is 23.9. The highest BCUT2D eigenvalue weighted by Crippen LogP contribution is 2.44. The van der Waals surface area contributed by atoms with Crippen LogP contribution in [0.1, 0.15) is 106 Å². The van der Waals surface area contributed by atoms with Gasteiger partial charge in [0.1, 0.15) is 11.6 Å². The fraction of sp³-hybridized carbons (Fsp3) is 0.545. The van der Waals surface area contributed by atoms with Gasteiger partial charge in [-0.2, -0.15) is 0 Å². The lowest BCUT2D eigenvalue weighted by atomic mass is 9.72. The summed E-state index contributed by atoms with van der Waals surface area (Å²) in [5, 5.41) is 0. The predicted octanol–water partition coefficient (Wildman–Crippen LogP) is 9.27. The van der Waals surface area contributed by atoms with Gasteiger partial charge in [-0.3, -0.25) is 9.59 Å². The number of benzene rings is 2. The van der Waals surface area contributed by atoms with Gasteiger partial charge in [0.2, 0.25) is 11.8 Å². The second-order valence-corrected chi connectivity index (χ2v) is 19.0. The fourth-order valence-corrected chi connectivity index (χ4v) is 12.1. The lowest BCUT2D eigenvalue weighted by Gasteiger charge is -2.41. The summed E-state index contributed by atoms with van der Waals surface area (Å²) in [5.74, 6) is 4.36. The van der Waals surface area contributed by atoms with E-state index in [1.165, 1.54) is 56.9 Å². The fourth-order valence-electron chi connectivity index (χ4n) is 9.91. The van der Waals surface area contributed by atoms with Gasteiger partial charge in [0.25, 0.3) is 0 Å². The summed E-state index contributed by atoms with van der Waals surface area (Å²) in [6.07, 6.45) is 18.9. The van der Waals surface area contributed by atoms with Crippen molar-refractivity contribution in [3.63, 3.8) is 0 Å². The Hall–Kier alpha value is -2.42. The molecule has 2 aromatic carbocycles. The van der Waals surface area contributed by atoms with E-state index in [-0.39, 0.29) is 73.5 Å². The van der Waals surface area contributed by atoms with Crippen molar-refractivity contribution >= 4 is 83.0 Å². The number of rotatable bonds is 13. The van der Waals surface area contributed by atoms with Crippen LogP contribution in [0.5, 0.6) is 0 Å². The Morgan fingerprint density at radius 3 is 1.88 bits per heavy atom. The predicted molar refractivity (Wildman–Crippen MR) is 256 cm³/mol. The zero-order chi connectivity index (χ0) is 38.4. The van der Waals surface area contributed by atoms with E-state index >= 15 is 0 Å². The summed E-state index contributed by atoms with van der Waals surface area (Å²) in [6.45, 7) is 2.69. The molecule has 2 aliphatic carbocycles. The van der Waals surface area contributed by atoms with E-state index in [1.54, 1.807) is 21.6 Å². The molecule has 0 radical (unpaired) electrons. The van der Waals surface area contributed by atoms with Crippen molar-refractivity contribution in [3.05, 3.63) is 96.5 Å². The second-order valence-electron chi connectivity index (χ2n) is 16.4. The number of hydrogen-bond donors (Lipinski definition) is 2. The van der Waals surface area contributed by atoms with Crippen molar-refractivity contribution in [3.8, 4) is 11.3 Å². The molecular weight excluding hydrogens is 878 g/mol. The molecular formula is C44H62Cl4N8O2S2. The van der Waals surface area contributed by atoms with Gasteiger partial charge < -0.3 is 30.4 Å². The largest absolute Gasteiger partial charge is 0.331 e. The smallest absolute Gasteiger partial charge is 0.241 e. The van der Waals surface area contributed by atoms with E-state index < -0.39 is 12.1 Å². The van der Waals surface area contributed by atoms with Crippen molar-refractivity contribution in [1.82, 2.24) is 28.9 Å². The van der Waals surface area contributed by atoms with Crippen molar-refractivity contribution in [2.45, 2.75) is 114 Å². The summed E-state index contributed by atoms with van der Waals surface area (Å²) in [5.41, 5.74) is 16.8. The third-order valence-corrected chi connectivity index (χ3v) is 15.3. The van der Waals surface area contributed by atoms with E-state index in [2.05, 4.69) is 57.8 Å². The van der Waals surface area contributed by atoms with Gasteiger partial charge in [-0.15, -0.1) is 49.6 Å². The van der Waals surface area contributed by atoms with E-state index in [0.29, 0.717) is 48.9 Å². The number of nitrogens with zero attached hydrogens (tertiary/aromatic N) is 6. The molecule has 60 heavy (non-hydrogen) atoms. The van der Waals surface area contributed by atoms with Crippen molar-refractivity contribution in [2.75, 3.05) is 24.6 Å². The minimum Gasteiger partial charge on any atom is -0.331 e. The van der Waals surface area contributed by atoms with Gasteiger partial charge in [-0.05, 0) is 49.0 Å². The molecule has 0 bridgehead atoms. The number of aromatic nitrogens is 4. The van der Waals surface area contributed by atoms with Crippen LogP contribution in [0.25, 0.3) is 11.3 Å². The van der Waals surface area contributed by atoms with E-state index in [9.17, 15) is 9.59 Å². The molecule has 4 N–H and O–H groups in total. The molecule has 8 rings (SSSR count). The highest BCUT2D eigenvalue weighted by atomic mass is 35.5. The topological polar surface area (TPSA) is 128 Å². The molecule has 4 aliphatic rings. The summed E-state index contributed by atoms with van der Waals surface area (Å²) in [4.78, 5) is 42.2. The maximum Gasteiger partial charge on any atom is 0.241 e. The standard InChI is InChI=1S/C44H58N8O2S2.4ClH/c45-36(43(53)51-25-23-50-28-38(33-16-8-3-9-17-33)48-42(50)39(51)26-31-12-4-1-5-13-31)29-55-56-30-37(46)44(54)52-24-22-49-21-20-47-41(49)40(52)27-34-18-10-11-19-35(34)32-14-6-2-7-15-32;;;;/h2-3,6-9,14-17,20-21,28,31,34-37,39-40H,1,4-5,10-13,18-19,22-27,29-30,45-46H2;4*1H/t34?,35?,36-,37-,39-,40-;;;;/m0..../s1. The molecule has 4 aromatic rings. The number of nitrogens with two attached hydrogens (primary N) is 2. The average Bonchev–Trinajstić information content (AvgIpc) is 3.92. The quantitative estimate of drug-likeness (QED) is 0.100. The number of amides is 2. The van der Waals surface area contributed by atoms with Crippen LogP contribution in [-0.2, 0) is 22.7 Å². The van der Waals surface area contributed by atoms with Gasteiger partial charge in [0.05, 0.1) is 29.9 Å². The Labute approximate surface area is 388 Å². The highest BCUT2D eigenvalue weighted by molar-refractivity contribution is 8.76. The first kappa shape index (κ1) is 50.2. The molecule has 2 saturated carbocycles. The molecule has 2 aromatic heterocycles. The normalized spacial score (nSPS) is 22.4. The average molecular weight is 941 g/mol. The monoisotopic (exact) mass is 938 g/mol. The zero-order valence-electron chi connectivity index (χ0n) is 34.2. The Balaban J connectivity index is 0.00000198. The summed E-state index contributed by atoms with van der Waals surface area (Å²) < 4.78 is 4.46. The van der Waals surface area contributed by atoms with Crippen LogP contribution in [-0.4, -0.2) is 77.4 Å². The van der Waals surface area contributed by atoms with Crippen molar-refractivity contribution < 1.29 is 9.59 Å². The molecule has 6 atom stereocenters. The molecule has 4 heterocycles. The van der Waals surface area contributed by atoms with Crippen LogP contribution in [0.2, 0.25) is 0 Å². The lowest BCUT2D eigenvalue weighted by Crippen LogP contribution is -2.51. The molecule has 10 nitrogen and oxygen atoms in total. The molecule has 330 valence electrons. The Morgan fingerprint density at radius 2 is 1.23 bits per heavy atom. The third kappa shape index (κ3) is 11.6. The van der Waals surface area contributed by atoms with Crippen LogP contribution in [0.3, 0.4) is 0 Å². The minimum atomic E-state index is -0.653. The van der Waals surface area contributed by atoms with Gasteiger partial charge in [0, 0.05) is 61.8 Å². The maximum absolute atomic E-state index is 14.1. The highest BCUT2D eigenvalue weighted by Gasteiger charge is 2.39. The van der Waals surface area contributed by atoms with Crippen molar-refractivity contribution in [2.24, 2.45) is 23.3 Å². The SMILES string of the molecule is Cl.Cl.Cl.Cl.N[C@@H](CSSC[C@H](N)C(=O)N1CCn2cc(-c3ccccc3)nc2[C@@H]1CC1CCCCC1)C(=O)N1CCn2ccnc2[C@@H]1CC1CCCCC1c1ccccc1. The molecule has 16 heteroatoms. The van der Waals surface area contributed by atoms with Gasteiger partial charge >= 0.3 is 0 Å². The summed E-state index contributed by atoms with van der Waals surface area (Å²) >= 11 is 0. The molecule has 0 saturated heterocycles. The number of imidazole rings is 2. The van der Waals surface area contributed by atoms with E-state index in [0.717, 1.165) is 48.7 Å². The number of carbonyl (C=O) groups is 2. The molecule has 2 unspecified atom stereocenters.